The number of aryl methyl sites for hydroxylation is 1. The molecule has 3 N–H and O–H groups in total. The minimum atomic E-state index is -0.891. The Balaban J connectivity index is 1.09. The molecule has 1 fully saturated rings. The number of piperazine rings is 1. The number of amides is 3. The molecular weight excluding hydrogens is 527 g/mol. The van der Waals surface area contributed by atoms with Gasteiger partial charge in [-0.15, -0.1) is 0 Å². The average Bonchev–Trinajstić information content (AvgIpc) is 3.53. The predicted molar refractivity (Wildman–Crippen MR) is 153 cm³/mol. The number of carbonyl (C=O) groups is 2. The monoisotopic (exact) mass is 556 g/mol. The van der Waals surface area contributed by atoms with E-state index in [1.807, 2.05) is 31.4 Å². The summed E-state index contributed by atoms with van der Waals surface area (Å²) in [4.78, 5) is 34.3. The number of benzene rings is 2. The summed E-state index contributed by atoms with van der Waals surface area (Å²) in [6.07, 6.45) is 5.12. The molecule has 6 rings (SSSR count). The summed E-state index contributed by atoms with van der Waals surface area (Å²) in [7, 11) is 3.91. The smallest absolute Gasteiger partial charge is 0.320 e. The van der Waals surface area contributed by atoms with E-state index < -0.39 is 17.9 Å². The number of anilines is 3. The zero-order chi connectivity index (χ0) is 28.5. The van der Waals surface area contributed by atoms with E-state index in [9.17, 15) is 14.0 Å². The maximum Gasteiger partial charge on any atom is 0.320 e. The fraction of sp³-hybridized carbons (Fsp3) is 0.241. The summed E-state index contributed by atoms with van der Waals surface area (Å²) in [5.41, 5.74) is 3.78. The molecule has 1 atom stereocenters. The van der Waals surface area contributed by atoms with Crippen LogP contribution in [0, 0.1) is 5.82 Å². The molecule has 4 heterocycles. The fourth-order valence-corrected chi connectivity index (χ4v) is 4.93. The Kier molecular flexibility index (Phi) is 6.98. The second kappa shape index (κ2) is 10.9. The normalized spacial score (nSPS) is 16.7. The Labute approximate surface area is 235 Å². The molecule has 3 amide bonds. The van der Waals surface area contributed by atoms with Gasteiger partial charge in [-0.2, -0.15) is 5.10 Å². The van der Waals surface area contributed by atoms with Crippen LogP contribution in [0.5, 0.6) is 11.5 Å². The van der Waals surface area contributed by atoms with E-state index in [0.717, 1.165) is 37.4 Å². The van der Waals surface area contributed by atoms with Crippen LogP contribution in [0.3, 0.4) is 0 Å². The van der Waals surface area contributed by atoms with E-state index in [4.69, 9.17) is 4.74 Å². The first-order valence-corrected chi connectivity index (χ1v) is 13.2. The first-order valence-electron chi connectivity index (χ1n) is 13.2. The van der Waals surface area contributed by atoms with Crippen molar-refractivity contribution < 1.29 is 18.7 Å². The Bertz CT molecular complexity index is 1620. The molecule has 0 spiro atoms. The van der Waals surface area contributed by atoms with Crippen LogP contribution in [0.1, 0.15) is 11.6 Å². The fourth-order valence-electron chi connectivity index (χ4n) is 4.93. The Morgan fingerprint density at radius 2 is 1.85 bits per heavy atom. The van der Waals surface area contributed by atoms with Gasteiger partial charge in [-0.3, -0.25) is 14.5 Å². The van der Waals surface area contributed by atoms with Crippen molar-refractivity contribution in [1.29, 1.82) is 0 Å². The topological polar surface area (TPSA) is 117 Å². The van der Waals surface area contributed by atoms with Crippen molar-refractivity contribution in [2.45, 2.75) is 6.04 Å². The molecule has 210 valence electrons. The molecule has 1 unspecified atom stereocenters. The lowest BCUT2D eigenvalue weighted by atomic mass is 10.1. The molecule has 0 radical (unpaired) electrons. The molecule has 2 aliphatic heterocycles. The van der Waals surface area contributed by atoms with Gasteiger partial charge in [0.05, 0.1) is 17.6 Å². The Hall–Kier alpha value is -4.97. The minimum Gasteiger partial charge on any atom is -0.457 e. The zero-order valence-electron chi connectivity index (χ0n) is 22.6. The summed E-state index contributed by atoms with van der Waals surface area (Å²) in [5.74, 6) is -0.319. The Morgan fingerprint density at radius 1 is 1.05 bits per heavy atom. The number of nitrogens with zero attached hydrogens (tertiary/aromatic N) is 5. The number of likely N-dealkylation sites (N-methyl/N-ethyl adjacent to an activating group) is 1. The number of hydrogen-bond acceptors (Lipinski definition) is 7. The number of urea groups is 1. The largest absolute Gasteiger partial charge is 0.457 e. The van der Waals surface area contributed by atoms with Crippen molar-refractivity contribution in [2.75, 3.05) is 48.8 Å². The predicted octanol–water partition coefficient (Wildman–Crippen LogP) is 3.98. The highest BCUT2D eigenvalue weighted by Gasteiger charge is 2.32. The SMILES string of the molecule is CN1CCN(c2ccc3c(c2)NC(=O)C3NC(=O)Nc2ccc(Oc3ccnc(-c4cnn(C)c4)c3)cc2F)CC1. The molecule has 1 saturated heterocycles. The molecule has 0 aliphatic carbocycles. The second-order valence-electron chi connectivity index (χ2n) is 10.1. The van der Waals surface area contributed by atoms with Crippen LogP contribution >= 0.6 is 0 Å². The first-order chi connectivity index (χ1) is 19.8. The van der Waals surface area contributed by atoms with Crippen LogP contribution in [0.15, 0.2) is 67.1 Å². The number of carbonyl (C=O) groups excluding carboxylic acids is 2. The number of ether oxygens (including phenoxy) is 1. The van der Waals surface area contributed by atoms with Crippen molar-refractivity contribution in [3.63, 3.8) is 0 Å². The van der Waals surface area contributed by atoms with Crippen molar-refractivity contribution in [2.24, 2.45) is 7.05 Å². The van der Waals surface area contributed by atoms with Gasteiger partial charge in [0.15, 0.2) is 0 Å². The van der Waals surface area contributed by atoms with Crippen molar-refractivity contribution >= 4 is 29.0 Å². The molecule has 0 saturated carbocycles. The van der Waals surface area contributed by atoms with Gasteiger partial charge in [0.1, 0.15) is 23.4 Å². The van der Waals surface area contributed by atoms with Gasteiger partial charge in [0.25, 0.3) is 5.91 Å². The number of rotatable bonds is 6. The number of aromatic nitrogens is 3. The maximum absolute atomic E-state index is 14.9. The molecular formula is C29H29FN8O3. The molecule has 2 aliphatic rings. The van der Waals surface area contributed by atoms with Crippen LogP contribution in [-0.2, 0) is 11.8 Å². The third kappa shape index (κ3) is 5.68. The lowest BCUT2D eigenvalue weighted by molar-refractivity contribution is -0.117. The standard InChI is InChI=1S/C29H29FN8O3/c1-36-9-11-38(12-10-36)19-3-5-22-26(13-19)33-28(39)27(22)35-29(40)34-24-6-4-20(14-23(24)30)41-21-7-8-31-25(15-21)18-16-32-37(2)17-18/h3-8,13-17,27H,9-12H2,1-2H3,(H,33,39)(H2,34,35,40). The second-order valence-corrected chi connectivity index (χ2v) is 10.1. The van der Waals surface area contributed by atoms with Gasteiger partial charge in [0, 0.05) is 80.3 Å². The van der Waals surface area contributed by atoms with E-state index in [1.54, 1.807) is 35.3 Å². The number of pyridine rings is 1. The van der Waals surface area contributed by atoms with Crippen LogP contribution < -0.4 is 25.6 Å². The van der Waals surface area contributed by atoms with Crippen LogP contribution in [0.2, 0.25) is 0 Å². The van der Waals surface area contributed by atoms with Gasteiger partial charge < -0.3 is 30.5 Å². The number of fused-ring (bicyclic) bond motifs is 1. The highest BCUT2D eigenvalue weighted by Crippen LogP contribution is 2.35. The van der Waals surface area contributed by atoms with Gasteiger partial charge in [-0.25, -0.2) is 9.18 Å². The molecule has 0 bridgehead atoms. The molecule has 11 nitrogen and oxygen atoms in total. The molecule has 4 aromatic rings. The number of nitrogens with one attached hydrogen (secondary N) is 3. The van der Waals surface area contributed by atoms with Crippen molar-refractivity contribution in [1.82, 2.24) is 25.0 Å². The quantitative estimate of drug-likeness (QED) is 0.329. The summed E-state index contributed by atoms with van der Waals surface area (Å²) >= 11 is 0. The van der Waals surface area contributed by atoms with E-state index in [2.05, 4.69) is 42.9 Å². The molecule has 2 aromatic carbocycles. The van der Waals surface area contributed by atoms with Gasteiger partial charge in [0.2, 0.25) is 0 Å². The summed E-state index contributed by atoms with van der Waals surface area (Å²) < 4.78 is 22.4. The average molecular weight is 557 g/mol. The lowest BCUT2D eigenvalue weighted by Crippen LogP contribution is -2.44. The van der Waals surface area contributed by atoms with E-state index in [0.29, 0.717) is 22.7 Å². The van der Waals surface area contributed by atoms with Crippen LogP contribution in [0.25, 0.3) is 11.3 Å². The third-order valence-corrected chi connectivity index (χ3v) is 7.17. The van der Waals surface area contributed by atoms with Crippen molar-refractivity contribution in [3.05, 3.63) is 78.5 Å². The summed E-state index contributed by atoms with van der Waals surface area (Å²) in [5, 5.41) is 12.1. The van der Waals surface area contributed by atoms with Crippen LogP contribution in [-0.4, -0.2) is 64.8 Å². The summed E-state index contributed by atoms with van der Waals surface area (Å²) in [6.45, 7) is 3.73. The van der Waals surface area contributed by atoms with Gasteiger partial charge >= 0.3 is 6.03 Å². The number of hydrogen-bond donors (Lipinski definition) is 3. The van der Waals surface area contributed by atoms with Gasteiger partial charge in [-0.1, -0.05) is 6.07 Å². The van der Waals surface area contributed by atoms with Crippen molar-refractivity contribution in [3.8, 4) is 22.8 Å². The Morgan fingerprint density at radius 3 is 2.61 bits per heavy atom. The van der Waals surface area contributed by atoms with E-state index in [-0.39, 0.29) is 17.3 Å². The zero-order valence-corrected chi connectivity index (χ0v) is 22.6. The number of halogens is 1. The van der Waals surface area contributed by atoms with E-state index >= 15 is 0 Å². The first kappa shape index (κ1) is 26.3. The maximum atomic E-state index is 14.9. The third-order valence-electron chi connectivity index (χ3n) is 7.17. The molecule has 2 aromatic heterocycles. The minimum absolute atomic E-state index is 0.0512. The van der Waals surface area contributed by atoms with Crippen LogP contribution in [0.4, 0.5) is 26.2 Å². The highest BCUT2D eigenvalue weighted by atomic mass is 19.1. The summed E-state index contributed by atoms with van der Waals surface area (Å²) in [6, 6.07) is 11.6. The van der Waals surface area contributed by atoms with Gasteiger partial charge in [-0.05, 0) is 37.4 Å². The molecule has 12 heteroatoms. The lowest BCUT2D eigenvalue weighted by Gasteiger charge is -2.34. The molecule has 41 heavy (non-hydrogen) atoms. The highest BCUT2D eigenvalue weighted by molar-refractivity contribution is 6.05. The van der Waals surface area contributed by atoms with E-state index in [1.165, 1.54) is 12.1 Å².